The van der Waals surface area contributed by atoms with Crippen molar-refractivity contribution in [3.05, 3.63) is 21.4 Å². The van der Waals surface area contributed by atoms with Crippen LogP contribution >= 0.6 is 11.3 Å². The molecular formula is C15H21NO3S. The van der Waals surface area contributed by atoms with Crippen molar-refractivity contribution < 1.29 is 14.7 Å². The number of carbonyl (C=O) groups excluding carboxylic acids is 1. The lowest BCUT2D eigenvalue weighted by Crippen LogP contribution is -2.49. The summed E-state index contributed by atoms with van der Waals surface area (Å²) in [5, 5.41) is 9.34. The van der Waals surface area contributed by atoms with Gasteiger partial charge < -0.3 is 10.0 Å². The van der Waals surface area contributed by atoms with Gasteiger partial charge in [0.15, 0.2) is 0 Å². The van der Waals surface area contributed by atoms with Crippen LogP contribution in [-0.4, -0.2) is 34.5 Å². The fourth-order valence-electron chi connectivity index (χ4n) is 2.74. The molecule has 1 aliphatic heterocycles. The molecule has 0 aromatic carbocycles. The molecule has 1 N–H and O–H groups in total. The zero-order valence-electron chi connectivity index (χ0n) is 12.2. The third kappa shape index (κ3) is 2.87. The van der Waals surface area contributed by atoms with Gasteiger partial charge in [0.25, 0.3) is 5.91 Å². The van der Waals surface area contributed by atoms with Gasteiger partial charge in [0, 0.05) is 11.4 Å². The predicted octanol–water partition coefficient (Wildman–Crippen LogP) is 2.94. The summed E-state index contributed by atoms with van der Waals surface area (Å²) in [5.41, 5.74) is 1.18. The van der Waals surface area contributed by atoms with Crippen molar-refractivity contribution in [1.29, 1.82) is 0 Å². The number of aryl methyl sites for hydroxylation is 2. The maximum atomic E-state index is 12.6. The van der Waals surface area contributed by atoms with E-state index in [0.717, 1.165) is 17.7 Å². The standard InChI is InChI=1S/C15H21NO3S/c1-4-11-8-13(20-10(11)3)14(17)16-6-5-9(2)7-12(16)15(18)19/h8-9,12H,4-7H2,1-3H3,(H,18,19). The summed E-state index contributed by atoms with van der Waals surface area (Å²) in [4.78, 5) is 27.3. The molecule has 2 heterocycles. The molecule has 4 nitrogen and oxygen atoms in total. The van der Waals surface area contributed by atoms with Gasteiger partial charge in [0.1, 0.15) is 6.04 Å². The smallest absolute Gasteiger partial charge is 0.326 e. The van der Waals surface area contributed by atoms with E-state index in [4.69, 9.17) is 0 Å². The summed E-state index contributed by atoms with van der Waals surface area (Å²) in [6.45, 7) is 6.65. The van der Waals surface area contributed by atoms with Crippen LogP contribution < -0.4 is 0 Å². The number of nitrogens with zero attached hydrogens (tertiary/aromatic N) is 1. The van der Waals surface area contributed by atoms with Gasteiger partial charge >= 0.3 is 5.97 Å². The molecule has 1 aromatic heterocycles. The van der Waals surface area contributed by atoms with Gasteiger partial charge in [-0.15, -0.1) is 11.3 Å². The Labute approximate surface area is 123 Å². The Kier molecular flexibility index (Phi) is 4.48. The molecule has 0 bridgehead atoms. The van der Waals surface area contributed by atoms with E-state index in [1.165, 1.54) is 21.8 Å². The first kappa shape index (κ1) is 15.0. The average molecular weight is 295 g/mol. The predicted molar refractivity (Wildman–Crippen MR) is 79.3 cm³/mol. The second kappa shape index (κ2) is 5.95. The zero-order valence-corrected chi connectivity index (χ0v) is 13.0. The molecule has 2 rings (SSSR count). The number of hydrogen-bond acceptors (Lipinski definition) is 3. The Morgan fingerprint density at radius 2 is 2.20 bits per heavy atom. The lowest BCUT2D eigenvalue weighted by Gasteiger charge is -2.35. The molecular weight excluding hydrogens is 274 g/mol. The van der Waals surface area contributed by atoms with Crippen LogP contribution in [-0.2, 0) is 11.2 Å². The van der Waals surface area contributed by atoms with E-state index >= 15 is 0 Å². The Hall–Kier alpha value is -1.36. The van der Waals surface area contributed by atoms with Gasteiger partial charge in [-0.2, -0.15) is 0 Å². The third-order valence-electron chi connectivity index (χ3n) is 4.02. The second-order valence-electron chi connectivity index (χ2n) is 5.53. The van der Waals surface area contributed by atoms with E-state index in [1.807, 2.05) is 19.9 Å². The Morgan fingerprint density at radius 1 is 1.50 bits per heavy atom. The van der Waals surface area contributed by atoms with E-state index in [1.54, 1.807) is 0 Å². The molecule has 20 heavy (non-hydrogen) atoms. The normalized spacial score (nSPS) is 22.9. The first-order valence-corrected chi connectivity index (χ1v) is 7.88. The summed E-state index contributed by atoms with van der Waals surface area (Å²) in [6, 6.07) is 1.23. The highest BCUT2D eigenvalue weighted by molar-refractivity contribution is 7.14. The van der Waals surface area contributed by atoms with Crippen LogP contribution in [0, 0.1) is 12.8 Å². The molecule has 2 atom stereocenters. The number of piperidine rings is 1. The Bertz CT molecular complexity index is 523. The number of carboxylic acids is 1. The summed E-state index contributed by atoms with van der Waals surface area (Å²) >= 11 is 1.47. The Morgan fingerprint density at radius 3 is 2.75 bits per heavy atom. The quantitative estimate of drug-likeness (QED) is 0.932. The molecule has 1 amide bonds. The molecule has 0 saturated carbocycles. The number of amides is 1. The van der Waals surface area contributed by atoms with E-state index < -0.39 is 12.0 Å². The molecule has 1 aromatic rings. The Balaban J connectivity index is 2.23. The molecule has 2 unspecified atom stereocenters. The van der Waals surface area contributed by atoms with Crippen LogP contribution in [0.2, 0.25) is 0 Å². The molecule has 1 fully saturated rings. The van der Waals surface area contributed by atoms with Crippen molar-refractivity contribution in [3.8, 4) is 0 Å². The second-order valence-corrected chi connectivity index (χ2v) is 6.78. The van der Waals surface area contributed by atoms with Crippen LogP contribution in [0.15, 0.2) is 6.07 Å². The van der Waals surface area contributed by atoms with Crippen LogP contribution in [0.25, 0.3) is 0 Å². The number of thiophene rings is 1. The molecule has 5 heteroatoms. The number of rotatable bonds is 3. The van der Waals surface area contributed by atoms with E-state index in [2.05, 4.69) is 6.92 Å². The summed E-state index contributed by atoms with van der Waals surface area (Å²) in [5.74, 6) is -0.664. The molecule has 0 aliphatic carbocycles. The zero-order chi connectivity index (χ0) is 14.9. The van der Waals surface area contributed by atoms with Crippen LogP contribution in [0.5, 0.6) is 0 Å². The largest absolute Gasteiger partial charge is 0.480 e. The van der Waals surface area contributed by atoms with Gasteiger partial charge in [-0.25, -0.2) is 4.79 Å². The summed E-state index contributed by atoms with van der Waals surface area (Å²) < 4.78 is 0. The van der Waals surface area contributed by atoms with E-state index in [0.29, 0.717) is 23.8 Å². The van der Waals surface area contributed by atoms with Gasteiger partial charge in [-0.3, -0.25) is 4.79 Å². The highest BCUT2D eigenvalue weighted by Crippen LogP contribution is 2.28. The van der Waals surface area contributed by atoms with Gasteiger partial charge in [0.2, 0.25) is 0 Å². The lowest BCUT2D eigenvalue weighted by atomic mass is 9.92. The van der Waals surface area contributed by atoms with Crippen molar-refractivity contribution in [2.75, 3.05) is 6.54 Å². The van der Waals surface area contributed by atoms with Gasteiger partial charge in [-0.05, 0) is 43.7 Å². The average Bonchev–Trinajstić information content (AvgIpc) is 2.79. The third-order valence-corrected chi connectivity index (χ3v) is 5.10. The van der Waals surface area contributed by atoms with E-state index in [-0.39, 0.29) is 5.91 Å². The molecule has 0 radical (unpaired) electrons. The minimum Gasteiger partial charge on any atom is -0.480 e. The fraction of sp³-hybridized carbons (Fsp3) is 0.600. The van der Waals surface area contributed by atoms with Crippen LogP contribution in [0.1, 0.15) is 46.8 Å². The van der Waals surface area contributed by atoms with Crippen LogP contribution in [0.4, 0.5) is 0 Å². The summed E-state index contributed by atoms with van der Waals surface area (Å²) in [7, 11) is 0. The molecule has 0 spiro atoms. The minimum atomic E-state index is -0.895. The SMILES string of the molecule is CCc1cc(C(=O)N2CCC(C)CC2C(=O)O)sc1C. The van der Waals surface area contributed by atoms with Crippen molar-refractivity contribution in [3.63, 3.8) is 0 Å². The number of aliphatic carboxylic acids is 1. The van der Waals surface area contributed by atoms with Crippen LogP contribution in [0.3, 0.4) is 0 Å². The molecule has 1 saturated heterocycles. The highest BCUT2D eigenvalue weighted by atomic mass is 32.1. The maximum Gasteiger partial charge on any atom is 0.326 e. The minimum absolute atomic E-state index is 0.128. The summed E-state index contributed by atoms with van der Waals surface area (Å²) in [6.07, 6.45) is 2.32. The fourth-order valence-corrected chi connectivity index (χ4v) is 3.81. The number of likely N-dealkylation sites (tertiary alicyclic amines) is 1. The first-order chi connectivity index (χ1) is 9.43. The van der Waals surface area contributed by atoms with Crippen molar-refractivity contribution in [2.45, 2.75) is 46.1 Å². The monoisotopic (exact) mass is 295 g/mol. The maximum absolute atomic E-state index is 12.6. The van der Waals surface area contributed by atoms with Crippen molar-refractivity contribution >= 4 is 23.2 Å². The molecule has 110 valence electrons. The van der Waals surface area contributed by atoms with Gasteiger partial charge in [-0.1, -0.05) is 13.8 Å². The van der Waals surface area contributed by atoms with Crippen molar-refractivity contribution in [2.24, 2.45) is 5.92 Å². The number of carboxylic acid groups (broad SMARTS) is 1. The lowest BCUT2D eigenvalue weighted by molar-refractivity contribution is -0.144. The number of carbonyl (C=O) groups is 2. The van der Waals surface area contributed by atoms with Crippen molar-refractivity contribution in [1.82, 2.24) is 4.90 Å². The van der Waals surface area contributed by atoms with Gasteiger partial charge in [0.05, 0.1) is 4.88 Å². The molecule has 1 aliphatic rings. The highest BCUT2D eigenvalue weighted by Gasteiger charge is 2.35. The van der Waals surface area contributed by atoms with E-state index in [9.17, 15) is 14.7 Å². The number of hydrogen-bond donors (Lipinski definition) is 1. The first-order valence-electron chi connectivity index (χ1n) is 7.07. The topological polar surface area (TPSA) is 57.6 Å².